The molecule has 0 aliphatic carbocycles. The smallest absolute Gasteiger partial charge is 0.326 e. The molecule has 0 radical (unpaired) electrons. The first-order chi connectivity index (χ1) is 13.7. The summed E-state index contributed by atoms with van der Waals surface area (Å²) in [6.07, 6.45) is 0.608. The second kappa shape index (κ2) is 10.2. The summed E-state index contributed by atoms with van der Waals surface area (Å²) in [6.45, 7) is 6.51. The Labute approximate surface area is 177 Å². The van der Waals surface area contributed by atoms with Gasteiger partial charge in [-0.2, -0.15) is 0 Å². The van der Waals surface area contributed by atoms with Crippen molar-refractivity contribution < 1.29 is 14.3 Å². The summed E-state index contributed by atoms with van der Waals surface area (Å²) in [5.41, 5.74) is 0.897. The Bertz CT molecular complexity index is 832. The number of hydrogen-bond donors (Lipinski definition) is 2. The van der Waals surface area contributed by atoms with Gasteiger partial charge in [0.1, 0.15) is 5.75 Å². The van der Waals surface area contributed by atoms with Crippen LogP contribution in [-0.2, 0) is 4.79 Å². The normalized spacial score (nSPS) is 10.9. The van der Waals surface area contributed by atoms with Crippen molar-refractivity contribution in [2.24, 2.45) is 5.41 Å². The number of nitrogens with one attached hydrogen (secondary N) is 2. The van der Waals surface area contributed by atoms with Gasteiger partial charge in [-0.3, -0.25) is 9.69 Å². The third-order valence-corrected chi connectivity index (χ3v) is 4.47. The van der Waals surface area contributed by atoms with Crippen LogP contribution in [0.25, 0.3) is 0 Å². The fraction of sp³-hybridized carbons (Fsp3) is 0.364. The fourth-order valence-electron chi connectivity index (χ4n) is 2.57. The van der Waals surface area contributed by atoms with E-state index in [2.05, 4.69) is 10.6 Å². The topological polar surface area (TPSA) is 70.7 Å². The molecule has 156 valence electrons. The molecule has 29 heavy (non-hydrogen) atoms. The molecule has 0 heterocycles. The third-order valence-electron chi connectivity index (χ3n) is 4.23. The molecule has 0 saturated heterocycles. The molecule has 0 aliphatic heterocycles. The number of rotatable bonds is 7. The van der Waals surface area contributed by atoms with Gasteiger partial charge in [-0.25, -0.2) is 4.79 Å². The van der Waals surface area contributed by atoms with Gasteiger partial charge >= 0.3 is 6.03 Å². The van der Waals surface area contributed by atoms with Crippen molar-refractivity contribution in [1.82, 2.24) is 5.32 Å². The summed E-state index contributed by atoms with van der Waals surface area (Å²) in [4.78, 5) is 26.6. The Balaban J connectivity index is 2.08. The second-order valence-electron chi connectivity index (χ2n) is 7.65. The van der Waals surface area contributed by atoms with Crippen molar-refractivity contribution in [2.75, 3.05) is 30.4 Å². The molecule has 2 rings (SSSR count). The zero-order valence-corrected chi connectivity index (χ0v) is 18.0. The highest BCUT2D eigenvalue weighted by atomic mass is 35.5. The molecular formula is C22H28ClN3O3. The quantitative estimate of drug-likeness (QED) is 0.627. The van der Waals surface area contributed by atoms with E-state index in [1.54, 1.807) is 48.4 Å². The maximum atomic E-state index is 12.9. The molecule has 3 amide bonds. The third kappa shape index (κ3) is 6.98. The number of anilines is 2. The largest absolute Gasteiger partial charge is 0.497 e. The molecular weight excluding hydrogens is 390 g/mol. The number of amides is 3. The van der Waals surface area contributed by atoms with Gasteiger partial charge in [0.05, 0.1) is 7.11 Å². The van der Waals surface area contributed by atoms with Gasteiger partial charge in [-0.15, -0.1) is 0 Å². The van der Waals surface area contributed by atoms with E-state index in [9.17, 15) is 9.59 Å². The van der Waals surface area contributed by atoms with Crippen LogP contribution in [0.3, 0.4) is 0 Å². The van der Waals surface area contributed by atoms with Crippen LogP contribution >= 0.6 is 11.6 Å². The first kappa shape index (κ1) is 22.6. The van der Waals surface area contributed by atoms with Crippen LogP contribution in [0.1, 0.15) is 27.2 Å². The molecule has 2 aromatic carbocycles. The minimum atomic E-state index is -0.445. The standard InChI is InChI=1S/C22H28ClN3O3/c1-22(2,3)20(27)24-13-6-14-26(18-9-11-19(29-4)12-10-18)21(28)25-17-8-5-7-16(23)15-17/h5,7-12,15H,6,13-14H2,1-4H3,(H,24,27)(H,25,28). The molecule has 6 nitrogen and oxygen atoms in total. The van der Waals surface area contributed by atoms with Gasteiger partial charge in [-0.1, -0.05) is 38.4 Å². The Hall–Kier alpha value is -2.73. The van der Waals surface area contributed by atoms with Crippen molar-refractivity contribution >= 4 is 34.9 Å². The fourth-order valence-corrected chi connectivity index (χ4v) is 2.76. The second-order valence-corrected chi connectivity index (χ2v) is 8.09. The summed E-state index contributed by atoms with van der Waals surface area (Å²) < 4.78 is 5.19. The van der Waals surface area contributed by atoms with Crippen LogP contribution < -0.4 is 20.3 Å². The van der Waals surface area contributed by atoms with Crippen molar-refractivity contribution in [3.05, 3.63) is 53.6 Å². The lowest BCUT2D eigenvalue weighted by molar-refractivity contribution is -0.128. The van der Waals surface area contributed by atoms with E-state index in [1.165, 1.54) is 0 Å². The number of urea groups is 1. The van der Waals surface area contributed by atoms with Gasteiger partial charge in [0.15, 0.2) is 0 Å². The van der Waals surface area contributed by atoms with Gasteiger partial charge < -0.3 is 15.4 Å². The molecule has 0 spiro atoms. The number of benzene rings is 2. The monoisotopic (exact) mass is 417 g/mol. The van der Waals surface area contributed by atoms with Crippen LogP contribution in [0.2, 0.25) is 5.02 Å². The van der Waals surface area contributed by atoms with Gasteiger partial charge in [-0.05, 0) is 48.9 Å². The van der Waals surface area contributed by atoms with E-state index < -0.39 is 5.41 Å². The predicted molar refractivity (Wildman–Crippen MR) is 118 cm³/mol. The lowest BCUT2D eigenvalue weighted by Gasteiger charge is -2.24. The van der Waals surface area contributed by atoms with Crippen molar-refractivity contribution in [1.29, 1.82) is 0 Å². The lowest BCUT2D eigenvalue weighted by atomic mass is 9.96. The van der Waals surface area contributed by atoms with Crippen LogP contribution in [0.5, 0.6) is 5.75 Å². The number of hydrogen-bond acceptors (Lipinski definition) is 3. The molecule has 0 fully saturated rings. The number of ether oxygens (including phenoxy) is 1. The van der Waals surface area contributed by atoms with E-state index in [4.69, 9.17) is 16.3 Å². The summed E-state index contributed by atoms with van der Waals surface area (Å²) in [6, 6.07) is 14.0. The average Bonchev–Trinajstić information content (AvgIpc) is 2.67. The Kier molecular flexibility index (Phi) is 7.91. The first-order valence-electron chi connectivity index (χ1n) is 9.47. The maximum absolute atomic E-state index is 12.9. The lowest BCUT2D eigenvalue weighted by Crippen LogP contribution is -2.39. The Morgan fingerprint density at radius 1 is 1.10 bits per heavy atom. The number of halogens is 1. The summed E-state index contributed by atoms with van der Waals surface area (Å²) in [5.74, 6) is 0.693. The van der Waals surface area contributed by atoms with Crippen molar-refractivity contribution in [2.45, 2.75) is 27.2 Å². The minimum Gasteiger partial charge on any atom is -0.497 e. The van der Waals surface area contributed by atoms with Crippen molar-refractivity contribution in [3.8, 4) is 5.75 Å². The van der Waals surface area contributed by atoms with Crippen molar-refractivity contribution in [3.63, 3.8) is 0 Å². The minimum absolute atomic E-state index is 0.0168. The van der Waals surface area contributed by atoms with Gasteiger partial charge in [0.25, 0.3) is 0 Å². The van der Waals surface area contributed by atoms with Crippen LogP contribution in [0.4, 0.5) is 16.2 Å². The molecule has 7 heteroatoms. The molecule has 0 saturated carbocycles. The number of carbonyl (C=O) groups is 2. The number of methoxy groups -OCH3 is 1. The Morgan fingerprint density at radius 2 is 1.79 bits per heavy atom. The molecule has 0 atom stereocenters. The van der Waals surface area contributed by atoms with Crippen LogP contribution in [0.15, 0.2) is 48.5 Å². The summed E-state index contributed by atoms with van der Waals surface area (Å²) in [7, 11) is 1.59. The highest BCUT2D eigenvalue weighted by Crippen LogP contribution is 2.22. The molecule has 0 aromatic heterocycles. The van der Waals surface area contributed by atoms with E-state index >= 15 is 0 Å². The van der Waals surface area contributed by atoms with E-state index in [0.29, 0.717) is 36.0 Å². The summed E-state index contributed by atoms with van der Waals surface area (Å²) >= 11 is 6.01. The zero-order valence-electron chi connectivity index (χ0n) is 17.3. The highest BCUT2D eigenvalue weighted by Gasteiger charge is 2.21. The average molecular weight is 418 g/mol. The zero-order chi connectivity index (χ0) is 21.4. The summed E-state index contributed by atoms with van der Waals surface area (Å²) in [5, 5.41) is 6.32. The first-order valence-corrected chi connectivity index (χ1v) is 9.85. The molecule has 2 aromatic rings. The molecule has 0 aliphatic rings. The Morgan fingerprint density at radius 3 is 2.38 bits per heavy atom. The number of carbonyl (C=O) groups excluding carboxylic acids is 2. The SMILES string of the molecule is COc1ccc(N(CCCNC(=O)C(C)(C)C)C(=O)Nc2cccc(Cl)c2)cc1. The molecule has 0 unspecified atom stereocenters. The highest BCUT2D eigenvalue weighted by molar-refractivity contribution is 6.30. The maximum Gasteiger partial charge on any atom is 0.326 e. The van der Waals surface area contributed by atoms with Crippen LogP contribution in [-0.4, -0.2) is 32.1 Å². The van der Waals surface area contributed by atoms with E-state index in [1.807, 2.05) is 32.9 Å². The number of nitrogens with zero attached hydrogens (tertiary/aromatic N) is 1. The van der Waals surface area contributed by atoms with E-state index in [0.717, 1.165) is 5.69 Å². The van der Waals surface area contributed by atoms with Gasteiger partial charge in [0.2, 0.25) is 5.91 Å². The van der Waals surface area contributed by atoms with Gasteiger partial charge in [0, 0.05) is 34.9 Å². The predicted octanol–water partition coefficient (Wildman–Crippen LogP) is 4.94. The van der Waals surface area contributed by atoms with Crippen LogP contribution in [0, 0.1) is 5.41 Å². The van der Waals surface area contributed by atoms with E-state index in [-0.39, 0.29) is 11.9 Å². The molecule has 2 N–H and O–H groups in total. The molecule has 0 bridgehead atoms.